The molecule has 0 bridgehead atoms. The van der Waals surface area contributed by atoms with Gasteiger partial charge in [0.15, 0.2) is 5.76 Å². The number of nitrogens with one attached hydrogen (secondary N) is 3. The number of anilines is 1. The topological polar surface area (TPSA) is 126 Å². The maximum atomic E-state index is 12.4. The van der Waals surface area contributed by atoms with Crippen molar-refractivity contribution in [3.63, 3.8) is 0 Å². The molecule has 0 aliphatic rings. The Morgan fingerprint density at radius 3 is 2.59 bits per heavy atom. The van der Waals surface area contributed by atoms with Crippen LogP contribution in [0.25, 0.3) is 0 Å². The van der Waals surface area contributed by atoms with Crippen molar-refractivity contribution >= 4 is 45.0 Å². The lowest BCUT2D eigenvalue weighted by molar-refractivity contribution is -0.122. The first-order chi connectivity index (χ1) is 12.6. The minimum absolute atomic E-state index is 0.0627. The molecule has 1 amide bonds. The fourth-order valence-electron chi connectivity index (χ4n) is 2.27. The van der Waals surface area contributed by atoms with Crippen LogP contribution in [0.5, 0.6) is 0 Å². The summed E-state index contributed by atoms with van der Waals surface area (Å²) in [6, 6.07) is 0.559. The Labute approximate surface area is 166 Å². The van der Waals surface area contributed by atoms with E-state index in [4.69, 9.17) is 27.7 Å². The van der Waals surface area contributed by atoms with Crippen LogP contribution in [-0.2, 0) is 14.8 Å². The number of rotatable bonds is 8. The second kappa shape index (κ2) is 8.87. The molecule has 1 atom stereocenters. The molecule has 0 saturated heterocycles. The van der Waals surface area contributed by atoms with Crippen molar-refractivity contribution in [2.75, 3.05) is 18.4 Å². The first-order valence-electron chi connectivity index (χ1n) is 7.89. The van der Waals surface area contributed by atoms with Gasteiger partial charge < -0.3 is 15.2 Å². The predicted molar refractivity (Wildman–Crippen MR) is 102 cm³/mol. The first kappa shape index (κ1) is 21.4. The van der Waals surface area contributed by atoms with Crippen LogP contribution in [0.3, 0.4) is 0 Å². The Hall–Kier alpha value is -1.88. The number of carbonyl (C=O) groups is 1. The molecule has 2 aromatic rings. The van der Waals surface area contributed by atoms with E-state index in [2.05, 4.69) is 25.5 Å². The average molecular weight is 436 g/mol. The van der Waals surface area contributed by atoms with Gasteiger partial charge in [-0.2, -0.15) is 4.72 Å². The Morgan fingerprint density at radius 1 is 1.30 bits per heavy atom. The summed E-state index contributed by atoms with van der Waals surface area (Å²) in [6.45, 7) is 5.01. The van der Waals surface area contributed by atoms with E-state index >= 15 is 0 Å². The zero-order valence-corrected chi connectivity index (χ0v) is 17.2. The van der Waals surface area contributed by atoms with Crippen LogP contribution >= 0.6 is 23.2 Å². The molecule has 0 aliphatic heterocycles. The second-order valence-corrected chi connectivity index (χ2v) is 8.19. The summed E-state index contributed by atoms with van der Waals surface area (Å²) in [7, 11) is -3.93. The van der Waals surface area contributed by atoms with Crippen LogP contribution in [0.4, 0.5) is 5.82 Å². The number of hydrogen-bond donors (Lipinski definition) is 3. The fourth-order valence-corrected chi connectivity index (χ4v) is 4.25. The smallest absolute Gasteiger partial charge is 0.246 e. The lowest BCUT2D eigenvalue weighted by Gasteiger charge is -2.14. The number of sulfonamides is 1. The molecule has 0 radical (unpaired) electrons. The molecule has 148 valence electrons. The summed E-state index contributed by atoms with van der Waals surface area (Å²) in [5.41, 5.74) is 0.226. The Kier molecular flexibility index (Phi) is 7.04. The number of amides is 1. The van der Waals surface area contributed by atoms with Crippen LogP contribution < -0.4 is 15.4 Å². The highest BCUT2D eigenvalue weighted by molar-refractivity contribution is 7.89. The number of halogens is 2. The number of carbonyl (C=O) groups excluding carboxylic acids is 1. The lowest BCUT2D eigenvalue weighted by Crippen LogP contribution is -2.45. The largest absolute Gasteiger partial charge is 0.367 e. The van der Waals surface area contributed by atoms with Gasteiger partial charge in [-0.1, -0.05) is 28.4 Å². The molecule has 2 rings (SSSR count). The van der Waals surface area contributed by atoms with Crippen LogP contribution in [0.2, 0.25) is 10.0 Å². The number of nitrogens with zero attached hydrogens (tertiary/aromatic N) is 2. The summed E-state index contributed by atoms with van der Waals surface area (Å²) >= 11 is 11.7. The van der Waals surface area contributed by atoms with Crippen molar-refractivity contribution in [1.82, 2.24) is 20.2 Å². The van der Waals surface area contributed by atoms with Crippen LogP contribution in [0.1, 0.15) is 18.4 Å². The van der Waals surface area contributed by atoms with Gasteiger partial charge in [-0.05, 0) is 26.8 Å². The third kappa shape index (κ3) is 5.55. The van der Waals surface area contributed by atoms with Gasteiger partial charge in [-0.3, -0.25) is 4.79 Å². The maximum absolute atomic E-state index is 12.4. The van der Waals surface area contributed by atoms with Crippen LogP contribution in [-0.4, -0.2) is 43.6 Å². The molecule has 12 heteroatoms. The summed E-state index contributed by atoms with van der Waals surface area (Å²) in [5.74, 6) is 0.105. The first-order valence-corrected chi connectivity index (χ1v) is 10.1. The summed E-state index contributed by atoms with van der Waals surface area (Å²) < 4.78 is 32.0. The van der Waals surface area contributed by atoms with Crippen molar-refractivity contribution in [2.45, 2.75) is 31.7 Å². The zero-order chi connectivity index (χ0) is 20.2. The van der Waals surface area contributed by atoms with Gasteiger partial charge in [0.2, 0.25) is 15.9 Å². The van der Waals surface area contributed by atoms with Gasteiger partial charge in [0, 0.05) is 19.3 Å². The highest BCUT2D eigenvalue weighted by atomic mass is 35.5. The minimum Gasteiger partial charge on any atom is -0.367 e. The molecule has 3 N–H and O–H groups in total. The van der Waals surface area contributed by atoms with Crippen molar-refractivity contribution in [3.8, 4) is 0 Å². The standard InChI is InChI=1S/C15H19Cl2N5O4S/c1-8-13(10(3)26-21-8)27(24,25)22-9(2)15(23)19-5-4-18-14-12(17)6-11(16)7-20-14/h6-7,9,22H,4-5H2,1-3H3,(H,18,20)(H,19,23)/t9-/m0/s1. The highest BCUT2D eigenvalue weighted by Gasteiger charge is 2.27. The van der Waals surface area contributed by atoms with Crippen LogP contribution in [0.15, 0.2) is 21.7 Å². The number of pyridine rings is 1. The second-order valence-electron chi connectivity index (χ2n) is 5.70. The van der Waals surface area contributed by atoms with E-state index in [1.165, 1.54) is 27.0 Å². The van der Waals surface area contributed by atoms with Crippen molar-refractivity contribution in [1.29, 1.82) is 0 Å². The quantitative estimate of drug-likeness (QED) is 0.540. The predicted octanol–water partition coefficient (Wildman–Crippen LogP) is 1.89. The van der Waals surface area contributed by atoms with E-state index in [9.17, 15) is 13.2 Å². The highest BCUT2D eigenvalue weighted by Crippen LogP contribution is 2.22. The zero-order valence-electron chi connectivity index (χ0n) is 14.8. The Morgan fingerprint density at radius 2 is 2.00 bits per heavy atom. The summed E-state index contributed by atoms with van der Waals surface area (Å²) in [5, 5.41) is 9.94. The van der Waals surface area contributed by atoms with Crippen molar-refractivity contribution in [3.05, 3.63) is 33.8 Å². The Bertz CT molecular complexity index is 913. The third-order valence-corrected chi connectivity index (χ3v) is 5.77. The average Bonchev–Trinajstić information content (AvgIpc) is 2.92. The molecule has 27 heavy (non-hydrogen) atoms. The normalized spacial score (nSPS) is 12.6. The molecule has 9 nitrogen and oxygen atoms in total. The molecule has 0 saturated carbocycles. The molecular weight excluding hydrogens is 417 g/mol. The molecule has 0 spiro atoms. The number of aromatic nitrogens is 2. The number of hydrogen-bond acceptors (Lipinski definition) is 7. The van der Waals surface area contributed by atoms with E-state index in [0.717, 1.165) is 0 Å². The van der Waals surface area contributed by atoms with Gasteiger partial charge in [-0.15, -0.1) is 0 Å². The fraction of sp³-hybridized carbons (Fsp3) is 0.400. The van der Waals surface area contributed by atoms with Gasteiger partial charge >= 0.3 is 0 Å². The molecule has 0 aromatic carbocycles. The van der Waals surface area contributed by atoms with Gasteiger partial charge in [0.05, 0.1) is 16.1 Å². The van der Waals surface area contributed by atoms with E-state index in [1.54, 1.807) is 6.07 Å². The van der Waals surface area contributed by atoms with E-state index < -0.39 is 22.0 Å². The third-order valence-electron chi connectivity index (χ3n) is 3.49. The molecule has 0 aliphatic carbocycles. The molecule has 2 heterocycles. The summed E-state index contributed by atoms with van der Waals surface area (Å²) in [6.07, 6.45) is 1.44. The monoisotopic (exact) mass is 435 g/mol. The van der Waals surface area contributed by atoms with E-state index in [0.29, 0.717) is 22.4 Å². The molecule has 2 aromatic heterocycles. The molecular formula is C15H19Cl2N5O4S. The number of aryl methyl sites for hydroxylation is 2. The maximum Gasteiger partial charge on any atom is 0.246 e. The van der Waals surface area contributed by atoms with Crippen LogP contribution in [0, 0.1) is 13.8 Å². The van der Waals surface area contributed by atoms with Crippen molar-refractivity contribution < 1.29 is 17.7 Å². The SMILES string of the molecule is Cc1noc(C)c1S(=O)(=O)N[C@@H](C)C(=O)NCCNc1ncc(Cl)cc1Cl. The van der Waals surface area contributed by atoms with Gasteiger partial charge in [0.1, 0.15) is 16.4 Å². The Balaban J connectivity index is 1.85. The van der Waals surface area contributed by atoms with Gasteiger partial charge in [-0.25, -0.2) is 13.4 Å². The summed E-state index contributed by atoms with van der Waals surface area (Å²) in [4.78, 5) is 16.1. The van der Waals surface area contributed by atoms with Gasteiger partial charge in [0.25, 0.3) is 0 Å². The van der Waals surface area contributed by atoms with E-state index in [1.807, 2.05) is 0 Å². The van der Waals surface area contributed by atoms with E-state index in [-0.39, 0.29) is 22.9 Å². The minimum atomic E-state index is -3.93. The molecule has 0 fully saturated rings. The lowest BCUT2D eigenvalue weighted by atomic mass is 10.3. The van der Waals surface area contributed by atoms with Crippen molar-refractivity contribution in [2.24, 2.45) is 0 Å². The molecule has 0 unspecified atom stereocenters.